The van der Waals surface area contributed by atoms with E-state index in [4.69, 9.17) is 11.6 Å². The minimum absolute atomic E-state index is 0.00727. The second-order valence-corrected chi connectivity index (χ2v) is 3.62. The zero-order valence-electron chi connectivity index (χ0n) is 7.21. The van der Waals surface area contributed by atoms with Gasteiger partial charge in [-0.1, -0.05) is 18.2 Å². The summed E-state index contributed by atoms with van der Waals surface area (Å²) in [6.07, 6.45) is 5.01. The highest BCUT2D eigenvalue weighted by Crippen LogP contribution is 2.34. The van der Waals surface area contributed by atoms with Gasteiger partial charge in [-0.05, 0) is 19.4 Å². The van der Waals surface area contributed by atoms with Crippen LogP contribution in [0.25, 0.3) is 0 Å². The highest BCUT2D eigenvalue weighted by molar-refractivity contribution is 6.19. The lowest BCUT2D eigenvalue weighted by Crippen LogP contribution is -2.54. The molecule has 68 valence electrons. The molecule has 0 aromatic heterocycles. The van der Waals surface area contributed by atoms with Gasteiger partial charge in [0, 0.05) is 0 Å². The van der Waals surface area contributed by atoms with Crippen LogP contribution in [0.5, 0.6) is 0 Å². The van der Waals surface area contributed by atoms with Crippen LogP contribution in [0.15, 0.2) is 23.8 Å². The Morgan fingerprint density at radius 3 is 2.42 bits per heavy atom. The summed E-state index contributed by atoms with van der Waals surface area (Å²) in [5.41, 5.74) is -1.92. The lowest BCUT2D eigenvalue weighted by molar-refractivity contribution is -0.0750. The minimum atomic E-state index is -1.33. The van der Waals surface area contributed by atoms with E-state index in [1.807, 2.05) is 0 Å². The topological polar surface area (TPSA) is 40.5 Å². The van der Waals surface area contributed by atoms with Crippen LogP contribution in [0.1, 0.15) is 13.8 Å². The first-order valence-electron chi connectivity index (χ1n) is 3.81. The lowest BCUT2D eigenvalue weighted by Gasteiger charge is -2.40. The number of hydrogen-bond acceptors (Lipinski definition) is 2. The average molecular weight is 189 g/mol. The van der Waals surface area contributed by atoms with Crippen molar-refractivity contribution >= 4 is 11.6 Å². The summed E-state index contributed by atoms with van der Waals surface area (Å²) in [6.45, 7) is 3.29. The molecule has 0 spiro atoms. The largest absolute Gasteiger partial charge is 0.383 e. The van der Waals surface area contributed by atoms with Gasteiger partial charge in [-0.3, -0.25) is 0 Å². The summed E-state index contributed by atoms with van der Waals surface area (Å²) in [6, 6.07) is 0. The van der Waals surface area contributed by atoms with Gasteiger partial charge in [-0.15, -0.1) is 11.6 Å². The van der Waals surface area contributed by atoms with Crippen molar-refractivity contribution in [3.63, 3.8) is 0 Å². The van der Waals surface area contributed by atoms with Gasteiger partial charge in [0.1, 0.15) is 11.2 Å². The Morgan fingerprint density at radius 2 is 2.08 bits per heavy atom. The van der Waals surface area contributed by atoms with Crippen LogP contribution in [-0.4, -0.2) is 27.3 Å². The van der Waals surface area contributed by atoms with E-state index in [1.165, 1.54) is 0 Å². The molecular formula is C9H13ClO2. The van der Waals surface area contributed by atoms with Crippen molar-refractivity contribution in [3.8, 4) is 0 Å². The second kappa shape index (κ2) is 2.87. The van der Waals surface area contributed by atoms with E-state index in [-0.39, 0.29) is 5.88 Å². The van der Waals surface area contributed by atoms with E-state index in [1.54, 1.807) is 32.1 Å². The minimum Gasteiger partial charge on any atom is -0.383 e. The summed E-state index contributed by atoms with van der Waals surface area (Å²) < 4.78 is 0. The van der Waals surface area contributed by atoms with Crippen LogP contribution >= 0.6 is 11.6 Å². The molecular weight excluding hydrogens is 176 g/mol. The predicted molar refractivity (Wildman–Crippen MR) is 49.2 cm³/mol. The van der Waals surface area contributed by atoms with Crippen molar-refractivity contribution in [2.24, 2.45) is 0 Å². The van der Waals surface area contributed by atoms with Crippen molar-refractivity contribution in [2.45, 2.75) is 25.0 Å². The summed E-state index contributed by atoms with van der Waals surface area (Å²) >= 11 is 5.62. The molecule has 1 aliphatic carbocycles. The molecule has 2 atom stereocenters. The van der Waals surface area contributed by atoms with Crippen molar-refractivity contribution in [2.75, 3.05) is 5.88 Å². The maximum absolute atomic E-state index is 9.97. The zero-order valence-corrected chi connectivity index (χ0v) is 7.97. The Balaban J connectivity index is 3.11. The third-order valence-electron chi connectivity index (χ3n) is 2.45. The molecule has 2 unspecified atom stereocenters. The number of halogens is 1. The Morgan fingerprint density at radius 1 is 1.50 bits per heavy atom. The first-order chi connectivity index (χ1) is 5.44. The van der Waals surface area contributed by atoms with Crippen molar-refractivity contribution in [1.29, 1.82) is 0 Å². The normalized spacial score (nSPS) is 41.2. The van der Waals surface area contributed by atoms with E-state index in [0.717, 1.165) is 0 Å². The molecule has 1 rings (SSSR count). The fraction of sp³-hybridized carbons (Fsp3) is 0.556. The molecule has 0 amide bonds. The van der Waals surface area contributed by atoms with Crippen LogP contribution in [-0.2, 0) is 0 Å². The Labute approximate surface area is 77.2 Å². The number of alkyl halides is 1. The zero-order chi connectivity index (χ0) is 9.41. The van der Waals surface area contributed by atoms with E-state index in [9.17, 15) is 10.2 Å². The third-order valence-corrected chi connectivity index (χ3v) is 2.84. The van der Waals surface area contributed by atoms with E-state index < -0.39 is 11.2 Å². The Kier molecular flexibility index (Phi) is 2.34. The highest BCUT2D eigenvalue weighted by Gasteiger charge is 2.45. The quantitative estimate of drug-likeness (QED) is 0.608. The van der Waals surface area contributed by atoms with Gasteiger partial charge in [0.15, 0.2) is 0 Å². The van der Waals surface area contributed by atoms with Crippen LogP contribution in [0.2, 0.25) is 0 Å². The van der Waals surface area contributed by atoms with Crippen LogP contribution in [0.3, 0.4) is 0 Å². The van der Waals surface area contributed by atoms with Crippen molar-refractivity contribution in [3.05, 3.63) is 23.8 Å². The summed E-state index contributed by atoms with van der Waals surface area (Å²) in [4.78, 5) is 0. The molecule has 1 aliphatic rings. The van der Waals surface area contributed by atoms with Gasteiger partial charge in [0.05, 0.1) is 5.88 Å². The monoisotopic (exact) mass is 188 g/mol. The molecule has 0 bridgehead atoms. The third kappa shape index (κ3) is 1.20. The molecule has 0 aromatic carbocycles. The molecule has 0 radical (unpaired) electrons. The maximum atomic E-state index is 9.97. The van der Waals surface area contributed by atoms with Gasteiger partial charge >= 0.3 is 0 Å². The van der Waals surface area contributed by atoms with E-state index in [0.29, 0.717) is 5.57 Å². The summed E-state index contributed by atoms with van der Waals surface area (Å²) in [5.74, 6) is -0.00727. The molecule has 2 nitrogen and oxygen atoms in total. The number of hydrogen-bond donors (Lipinski definition) is 2. The van der Waals surface area contributed by atoms with E-state index in [2.05, 4.69) is 0 Å². The second-order valence-electron chi connectivity index (χ2n) is 3.35. The molecule has 3 heteroatoms. The molecule has 0 fully saturated rings. The van der Waals surface area contributed by atoms with Crippen molar-refractivity contribution in [1.82, 2.24) is 0 Å². The average Bonchev–Trinajstić information content (AvgIpc) is 2.00. The molecule has 0 aliphatic heterocycles. The smallest absolute Gasteiger partial charge is 0.131 e. The fourth-order valence-corrected chi connectivity index (χ4v) is 1.78. The lowest BCUT2D eigenvalue weighted by atomic mass is 9.77. The molecule has 0 aromatic rings. The number of rotatable bonds is 1. The highest BCUT2D eigenvalue weighted by atomic mass is 35.5. The van der Waals surface area contributed by atoms with Crippen molar-refractivity contribution < 1.29 is 10.2 Å². The summed E-state index contributed by atoms with van der Waals surface area (Å²) in [7, 11) is 0. The van der Waals surface area contributed by atoms with Crippen LogP contribution < -0.4 is 0 Å². The Bertz CT molecular complexity index is 243. The first-order valence-corrected chi connectivity index (χ1v) is 4.35. The molecule has 2 N–H and O–H groups in total. The predicted octanol–water partition coefficient (Wildman–Crippen LogP) is 1.22. The SMILES string of the molecule is CC1=CC=CC(C)(O)C1(O)CCl. The molecule has 0 heterocycles. The molecule has 12 heavy (non-hydrogen) atoms. The van der Waals surface area contributed by atoms with Gasteiger partial charge in [-0.2, -0.15) is 0 Å². The van der Waals surface area contributed by atoms with E-state index >= 15 is 0 Å². The molecule has 0 saturated heterocycles. The number of allylic oxidation sites excluding steroid dienone is 2. The van der Waals surface area contributed by atoms with Gasteiger partial charge < -0.3 is 10.2 Å². The van der Waals surface area contributed by atoms with Gasteiger partial charge in [0.2, 0.25) is 0 Å². The van der Waals surface area contributed by atoms with Crippen LogP contribution in [0.4, 0.5) is 0 Å². The standard InChI is InChI=1S/C9H13ClO2/c1-7-4-3-5-8(2,11)9(7,12)6-10/h3-5,11-12H,6H2,1-2H3. The Hall–Kier alpha value is -0.310. The fourth-order valence-electron chi connectivity index (χ4n) is 1.30. The van der Waals surface area contributed by atoms with Crippen LogP contribution in [0, 0.1) is 0 Å². The van der Waals surface area contributed by atoms with Gasteiger partial charge in [0.25, 0.3) is 0 Å². The number of aliphatic hydroxyl groups is 2. The van der Waals surface area contributed by atoms with Gasteiger partial charge in [-0.25, -0.2) is 0 Å². The summed E-state index contributed by atoms with van der Waals surface area (Å²) in [5, 5.41) is 19.8. The first kappa shape index (κ1) is 9.78. The maximum Gasteiger partial charge on any atom is 0.131 e. The molecule has 0 saturated carbocycles.